The van der Waals surface area contributed by atoms with Crippen molar-refractivity contribution >= 4 is 18.0 Å². The zero-order valence-electron chi connectivity index (χ0n) is 6.03. The van der Waals surface area contributed by atoms with Crippen molar-refractivity contribution in [1.82, 2.24) is 5.06 Å². The Labute approximate surface area is 62.3 Å². The lowest BCUT2D eigenvalue weighted by Gasteiger charge is -2.11. The van der Waals surface area contributed by atoms with E-state index in [1.807, 2.05) is 0 Å². The quantitative estimate of drug-likeness (QED) is 0.505. The minimum atomic E-state index is -1.62. The Morgan fingerprint density at radius 2 is 1.73 bits per heavy atom. The molecule has 0 aromatic carbocycles. The number of hydrogen-bond donors (Lipinski definition) is 1. The van der Waals surface area contributed by atoms with Crippen LogP contribution in [0.25, 0.3) is 0 Å². The lowest BCUT2D eigenvalue weighted by Crippen LogP contribution is -2.35. The SMILES string of the molecule is CC(=O)ON(C(C)=O)C(=O)O. The van der Waals surface area contributed by atoms with E-state index >= 15 is 0 Å². The monoisotopic (exact) mass is 161 g/mol. The van der Waals surface area contributed by atoms with E-state index in [0.717, 1.165) is 13.8 Å². The first-order valence-electron chi connectivity index (χ1n) is 2.67. The molecule has 0 fully saturated rings. The highest BCUT2D eigenvalue weighted by molar-refractivity contribution is 5.89. The summed E-state index contributed by atoms with van der Waals surface area (Å²) < 4.78 is 0. The predicted molar refractivity (Wildman–Crippen MR) is 32.3 cm³/mol. The van der Waals surface area contributed by atoms with Gasteiger partial charge in [-0.2, -0.15) is 0 Å². The highest BCUT2D eigenvalue weighted by Gasteiger charge is 2.19. The largest absolute Gasteiger partial charge is 0.462 e. The Morgan fingerprint density at radius 3 is 1.82 bits per heavy atom. The molecule has 6 heteroatoms. The zero-order valence-corrected chi connectivity index (χ0v) is 6.03. The normalized spacial score (nSPS) is 8.55. The Morgan fingerprint density at radius 1 is 1.27 bits per heavy atom. The summed E-state index contributed by atoms with van der Waals surface area (Å²) in [7, 11) is 0. The van der Waals surface area contributed by atoms with Crippen LogP contribution < -0.4 is 0 Å². The zero-order chi connectivity index (χ0) is 9.02. The van der Waals surface area contributed by atoms with Crippen molar-refractivity contribution in [3.63, 3.8) is 0 Å². The number of amides is 2. The average Bonchev–Trinajstić information content (AvgIpc) is 1.81. The van der Waals surface area contributed by atoms with E-state index in [2.05, 4.69) is 4.84 Å². The van der Waals surface area contributed by atoms with Gasteiger partial charge in [-0.3, -0.25) is 4.79 Å². The van der Waals surface area contributed by atoms with Gasteiger partial charge in [0.25, 0.3) is 5.91 Å². The van der Waals surface area contributed by atoms with Crippen molar-refractivity contribution in [2.45, 2.75) is 13.8 Å². The lowest BCUT2D eigenvalue weighted by atomic mass is 10.7. The fourth-order valence-electron chi connectivity index (χ4n) is 0.367. The van der Waals surface area contributed by atoms with Gasteiger partial charge in [-0.15, -0.1) is 0 Å². The predicted octanol–water partition coefficient (Wildman–Crippen LogP) is -0.00900. The summed E-state index contributed by atoms with van der Waals surface area (Å²) in [5, 5.41) is 8.18. The summed E-state index contributed by atoms with van der Waals surface area (Å²) in [4.78, 5) is 34.7. The second-order valence-electron chi connectivity index (χ2n) is 1.68. The fourth-order valence-corrected chi connectivity index (χ4v) is 0.367. The molecule has 62 valence electrons. The number of nitrogens with zero attached hydrogens (tertiary/aromatic N) is 1. The summed E-state index contributed by atoms with van der Waals surface area (Å²) in [5.41, 5.74) is 0. The molecule has 0 radical (unpaired) electrons. The maximum atomic E-state index is 10.4. The summed E-state index contributed by atoms with van der Waals surface area (Å²) in [6, 6.07) is 0. The Bertz CT molecular complexity index is 185. The van der Waals surface area contributed by atoms with E-state index in [0.29, 0.717) is 0 Å². The molecule has 1 N–H and O–H groups in total. The number of rotatable bonds is 0. The number of hydrogen-bond acceptors (Lipinski definition) is 4. The summed E-state index contributed by atoms with van der Waals surface area (Å²) in [6.45, 7) is 1.97. The molecular formula is C5H7NO5. The molecule has 0 aliphatic rings. The van der Waals surface area contributed by atoms with E-state index in [4.69, 9.17) is 5.11 Å². The molecular weight excluding hydrogens is 154 g/mol. The van der Waals surface area contributed by atoms with Crippen LogP contribution in [0.3, 0.4) is 0 Å². The summed E-state index contributed by atoms with van der Waals surface area (Å²) >= 11 is 0. The molecule has 0 aliphatic heterocycles. The minimum absolute atomic E-state index is 0.0394. The molecule has 0 rings (SSSR count). The van der Waals surface area contributed by atoms with Crippen LogP contribution in [0.2, 0.25) is 0 Å². The first-order valence-corrected chi connectivity index (χ1v) is 2.67. The Balaban J connectivity index is 4.23. The molecule has 0 atom stereocenters. The number of hydroxylamine groups is 2. The van der Waals surface area contributed by atoms with Crippen LogP contribution >= 0.6 is 0 Å². The van der Waals surface area contributed by atoms with Crippen molar-refractivity contribution in [2.75, 3.05) is 0 Å². The summed E-state index contributed by atoms with van der Waals surface area (Å²) in [6.07, 6.45) is -1.62. The van der Waals surface area contributed by atoms with Gasteiger partial charge < -0.3 is 9.94 Å². The van der Waals surface area contributed by atoms with Gasteiger partial charge >= 0.3 is 12.1 Å². The molecule has 2 amide bonds. The van der Waals surface area contributed by atoms with Crippen LogP contribution in [0, 0.1) is 0 Å². The van der Waals surface area contributed by atoms with Gasteiger partial charge in [0, 0.05) is 13.8 Å². The lowest BCUT2D eigenvalue weighted by molar-refractivity contribution is -0.185. The minimum Gasteiger partial charge on any atom is -0.462 e. The second-order valence-corrected chi connectivity index (χ2v) is 1.68. The molecule has 0 aromatic heterocycles. The van der Waals surface area contributed by atoms with Crippen molar-refractivity contribution in [1.29, 1.82) is 0 Å². The number of carboxylic acid groups (broad SMARTS) is 1. The third-order valence-corrected chi connectivity index (χ3v) is 0.680. The van der Waals surface area contributed by atoms with Crippen molar-refractivity contribution in [2.24, 2.45) is 0 Å². The average molecular weight is 161 g/mol. The maximum absolute atomic E-state index is 10.4. The van der Waals surface area contributed by atoms with Gasteiger partial charge in [0.05, 0.1) is 0 Å². The van der Waals surface area contributed by atoms with E-state index < -0.39 is 18.0 Å². The summed E-state index contributed by atoms with van der Waals surface area (Å²) in [5.74, 6) is -1.73. The topological polar surface area (TPSA) is 83.9 Å². The number of carbonyl (C=O) groups is 3. The maximum Gasteiger partial charge on any atom is 0.448 e. The first-order chi connectivity index (χ1) is 4.95. The van der Waals surface area contributed by atoms with Gasteiger partial charge in [0.1, 0.15) is 0 Å². The van der Waals surface area contributed by atoms with Crippen LogP contribution in [0.1, 0.15) is 13.8 Å². The van der Waals surface area contributed by atoms with Gasteiger partial charge in [0.15, 0.2) is 0 Å². The molecule has 11 heavy (non-hydrogen) atoms. The van der Waals surface area contributed by atoms with Crippen LogP contribution in [0.4, 0.5) is 4.79 Å². The van der Waals surface area contributed by atoms with Crippen LogP contribution in [0.5, 0.6) is 0 Å². The molecule has 0 spiro atoms. The molecule has 0 aliphatic carbocycles. The second kappa shape index (κ2) is 3.55. The number of carbonyl (C=O) groups excluding carboxylic acids is 2. The molecule has 0 bridgehead atoms. The third kappa shape index (κ3) is 3.19. The Hall–Kier alpha value is -1.59. The molecule has 6 nitrogen and oxygen atoms in total. The van der Waals surface area contributed by atoms with Crippen LogP contribution in [-0.2, 0) is 14.4 Å². The smallest absolute Gasteiger partial charge is 0.448 e. The van der Waals surface area contributed by atoms with Gasteiger partial charge in [-0.05, 0) is 0 Å². The van der Waals surface area contributed by atoms with Crippen LogP contribution in [0.15, 0.2) is 0 Å². The van der Waals surface area contributed by atoms with Gasteiger partial charge in [-0.25, -0.2) is 9.59 Å². The fraction of sp³-hybridized carbons (Fsp3) is 0.400. The van der Waals surface area contributed by atoms with E-state index in [1.54, 1.807) is 0 Å². The van der Waals surface area contributed by atoms with Gasteiger partial charge in [0.2, 0.25) is 0 Å². The van der Waals surface area contributed by atoms with E-state index in [-0.39, 0.29) is 5.06 Å². The van der Waals surface area contributed by atoms with E-state index in [1.165, 1.54) is 0 Å². The van der Waals surface area contributed by atoms with Crippen molar-refractivity contribution in [3.8, 4) is 0 Å². The van der Waals surface area contributed by atoms with Crippen LogP contribution in [-0.4, -0.2) is 28.1 Å². The molecule has 0 unspecified atom stereocenters. The molecule has 0 aromatic rings. The molecule has 0 saturated carbocycles. The highest BCUT2D eigenvalue weighted by Crippen LogP contribution is 1.92. The molecule has 0 saturated heterocycles. The first kappa shape index (κ1) is 9.41. The van der Waals surface area contributed by atoms with Crippen molar-refractivity contribution < 1.29 is 24.3 Å². The standard InChI is InChI=1S/C5H7NO5/c1-3(7)6(5(9)10)11-4(2)8/h1-2H3,(H,9,10). The van der Waals surface area contributed by atoms with Gasteiger partial charge in [-0.1, -0.05) is 5.06 Å². The molecule has 0 heterocycles. The third-order valence-electron chi connectivity index (χ3n) is 0.680. The highest BCUT2D eigenvalue weighted by atomic mass is 16.7. The Kier molecular flexibility index (Phi) is 3.03. The van der Waals surface area contributed by atoms with E-state index in [9.17, 15) is 14.4 Å². The number of imide groups is 1. The van der Waals surface area contributed by atoms with Crippen molar-refractivity contribution in [3.05, 3.63) is 0 Å².